The fourth-order valence-corrected chi connectivity index (χ4v) is 6.47. The molecule has 4 rings (SSSR count). The SMILES string of the molecule is COc1ccc(S(=O)(=O)N2CCC3(CC2)CC(CC(=O)N2CCCC2)CCO3)cc1. The summed E-state index contributed by atoms with van der Waals surface area (Å²) in [5.41, 5.74) is -0.292. The summed E-state index contributed by atoms with van der Waals surface area (Å²) >= 11 is 0. The summed E-state index contributed by atoms with van der Waals surface area (Å²) in [5, 5.41) is 0. The first kappa shape index (κ1) is 21.6. The van der Waals surface area contributed by atoms with Crippen molar-refractivity contribution in [3.63, 3.8) is 0 Å². The van der Waals surface area contributed by atoms with Crippen molar-refractivity contribution in [1.29, 1.82) is 0 Å². The molecule has 0 aromatic heterocycles. The molecule has 0 saturated carbocycles. The van der Waals surface area contributed by atoms with Crippen LogP contribution in [0, 0.1) is 5.92 Å². The number of amides is 1. The number of likely N-dealkylation sites (tertiary alicyclic amines) is 1. The molecular weight excluding hydrogens is 404 g/mol. The van der Waals surface area contributed by atoms with Gasteiger partial charge in [-0.1, -0.05) is 0 Å². The second kappa shape index (κ2) is 8.85. The highest BCUT2D eigenvalue weighted by Gasteiger charge is 2.43. The van der Waals surface area contributed by atoms with Crippen molar-refractivity contribution in [3.05, 3.63) is 24.3 Å². The highest BCUT2D eigenvalue weighted by Crippen LogP contribution is 2.40. The van der Waals surface area contributed by atoms with E-state index in [1.165, 1.54) is 0 Å². The minimum atomic E-state index is -3.52. The molecule has 0 aliphatic carbocycles. The van der Waals surface area contributed by atoms with Gasteiger partial charge in [0.1, 0.15) is 5.75 Å². The molecule has 3 heterocycles. The Morgan fingerprint density at radius 1 is 1.13 bits per heavy atom. The van der Waals surface area contributed by atoms with Crippen molar-refractivity contribution in [2.75, 3.05) is 39.9 Å². The van der Waals surface area contributed by atoms with Crippen LogP contribution in [0.3, 0.4) is 0 Å². The van der Waals surface area contributed by atoms with E-state index in [-0.39, 0.29) is 16.4 Å². The molecule has 1 spiro atoms. The highest BCUT2D eigenvalue weighted by atomic mass is 32.2. The van der Waals surface area contributed by atoms with E-state index in [1.54, 1.807) is 35.7 Å². The molecule has 3 aliphatic heterocycles. The quantitative estimate of drug-likeness (QED) is 0.709. The third-order valence-corrected chi connectivity index (χ3v) is 8.76. The van der Waals surface area contributed by atoms with Gasteiger partial charge in [-0.3, -0.25) is 4.79 Å². The van der Waals surface area contributed by atoms with Crippen molar-refractivity contribution in [2.24, 2.45) is 5.92 Å². The number of rotatable bonds is 5. The Hall–Kier alpha value is -1.64. The maximum Gasteiger partial charge on any atom is 0.243 e. The lowest BCUT2D eigenvalue weighted by Crippen LogP contribution is -2.51. The van der Waals surface area contributed by atoms with E-state index in [0.29, 0.717) is 50.6 Å². The fourth-order valence-electron chi connectivity index (χ4n) is 5.03. The van der Waals surface area contributed by atoms with Crippen LogP contribution in [0.5, 0.6) is 5.75 Å². The molecule has 3 aliphatic rings. The van der Waals surface area contributed by atoms with Crippen LogP contribution < -0.4 is 4.74 Å². The monoisotopic (exact) mass is 436 g/mol. The zero-order valence-corrected chi connectivity index (χ0v) is 18.5. The molecule has 1 amide bonds. The third-order valence-electron chi connectivity index (χ3n) is 6.85. The van der Waals surface area contributed by atoms with Gasteiger partial charge < -0.3 is 14.4 Å². The minimum Gasteiger partial charge on any atom is -0.497 e. The number of hydrogen-bond donors (Lipinski definition) is 0. The van der Waals surface area contributed by atoms with E-state index >= 15 is 0 Å². The van der Waals surface area contributed by atoms with E-state index < -0.39 is 10.0 Å². The Balaban J connectivity index is 1.36. The van der Waals surface area contributed by atoms with Crippen molar-refractivity contribution in [3.8, 4) is 5.75 Å². The Labute approximate surface area is 179 Å². The van der Waals surface area contributed by atoms with Crippen molar-refractivity contribution in [2.45, 2.75) is 55.4 Å². The van der Waals surface area contributed by atoms with Gasteiger partial charge in [-0.2, -0.15) is 4.31 Å². The van der Waals surface area contributed by atoms with Crippen LogP contribution in [0.4, 0.5) is 0 Å². The van der Waals surface area contributed by atoms with Gasteiger partial charge in [-0.05, 0) is 68.7 Å². The molecule has 30 heavy (non-hydrogen) atoms. The van der Waals surface area contributed by atoms with E-state index in [4.69, 9.17) is 9.47 Å². The number of hydrogen-bond acceptors (Lipinski definition) is 5. The zero-order valence-electron chi connectivity index (χ0n) is 17.7. The molecule has 7 nitrogen and oxygen atoms in total. The smallest absolute Gasteiger partial charge is 0.243 e. The normalized spacial score (nSPS) is 24.8. The molecule has 0 N–H and O–H groups in total. The Morgan fingerprint density at radius 3 is 2.43 bits per heavy atom. The molecule has 3 fully saturated rings. The molecule has 3 saturated heterocycles. The first-order valence-electron chi connectivity index (χ1n) is 11.0. The maximum atomic E-state index is 13.0. The van der Waals surface area contributed by atoms with Gasteiger partial charge in [0.2, 0.25) is 15.9 Å². The van der Waals surface area contributed by atoms with Gasteiger partial charge in [-0.25, -0.2) is 8.42 Å². The lowest BCUT2D eigenvalue weighted by molar-refractivity contribution is -0.139. The average Bonchev–Trinajstić information content (AvgIpc) is 3.29. The van der Waals surface area contributed by atoms with Gasteiger partial charge >= 0.3 is 0 Å². The number of piperidine rings is 1. The first-order valence-corrected chi connectivity index (χ1v) is 12.4. The van der Waals surface area contributed by atoms with Gasteiger partial charge in [0, 0.05) is 39.2 Å². The Bertz CT molecular complexity index is 841. The largest absolute Gasteiger partial charge is 0.497 e. The standard InChI is InChI=1S/C22H32N2O5S/c1-28-19-4-6-20(7-5-19)30(26,27)24-13-9-22(10-14-24)17-18(8-15-29-22)16-21(25)23-11-2-3-12-23/h4-7,18H,2-3,8-17H2,1H3. The van der Waals surface area contributed by atoms with Crippen molar-refractivity contribution < 1.29 is 22.7 Å². The van der Waals surface area contributed by atoms with Crippen LogP contribution in [0.1, 0.15) is 44.9 Å². The molecule has 0 radical (unpaired) electrons. The molecule has 1 aromatic carbocycles. The van der Waals surface area contributed by atoms with Gasteiger partial charge in [-0.15, -0.1) is 0 Å². The number of methoxy groups -OCH3 is 1. The predicted molar refractivity (Wildman–Crippen MR) is 113 cm³/mol. The average molecular weight is 437 g/mol. The minimum absolute atomic E-state index is 0.272. The summed E-state index contributed by atoms with van der Waals surface area (Å²) < 4.78 is 38.9. The topological polar surface area (TPSA) is 76.2 Å². The van der Waals surface area contributed by atoms with Crippen molar-refractivity contribution in [1.82, 2.24) is 9.21 Å². The van der Waals surface area contributed by atoms with E-state index in [9.17, 15) is 13.2 Å². The second-order valence-electron chi connectivity index (χ2n) is 8.76. The van der Waals surface area contributed by atoms with E-state index in [1.807, 2.05) is 4.90 Å². The molecule has 8 heteroatoms. The fraction of sp³-hybridized carbons (Fsp3) is 0.682. The summed E-state index contributed by atoms with van der Waals surface area (Å²) in [7, 11) is -1.97. The predicted octanol–water partition coefficient (Wildman–Crippen LogP) is 2.66. The summed E-state index contributed by atoms with van der Waals surface area (Å²) in [4.78, 5) is 14.8. The summed E-state index contributed by atoms with van der Waals surface area (Å²) in [6, 6.07) is 6.53. The first-order chi connectivity index (χ1) is 14.4. The molecule has 1 aromatic rings. The summed E-state index contributed by atoms with van der Waals surface area (Å²) in [6.07, 6.45) is 5.94. The number of carbonyl (C=O) groups excluding carboxylic acids is 1. The van der Waals surface area contributed by atoms with Gasteiger partial charge in [0.25, 0.3) is 0 Å². The Morgan fingerprint density at radius 2 is 1.80 bits per heavy atom. The Kier molecular flexibility index (Phi) is 6.36. The van der Waals surface area contributed by atoms with Crippen molar-refractivity contribution >= 4 is 15.9 Å². The van der Waals surface area contributed by atoms with Gasteiger partial charge in [0.05, 0.1) is 17.6 Å². The zero-order chi connectivity index (χ0) is 21.2. The van der Waals surface area contributed by atoms with Crippen LogP contribution in [0.15, 0.2) is 29.2 Å². The molecular formula is C22H32N2O5S. The second-order valence-corrected chi connectivity index (χ2v) is 10.7. The van der Waals surface area contributed by atoms with E-state index in [2.05, 4.69) is 0 Å². The van der Waals surface area contributed by atoms with Gasteiger partial charge in [0.15, 0.2) is 0 Å². The number of carbonyl (C=O) groups is 1. The summed E-state index contributed by atoms with van der Waals surface area (Å²) in [6.45, 7) is 3.34. The number of sulfonamides is 1. The number of ether oxygens (including phenoxy) is 2. The maximum absolute atomic E-state index is 13.0. The van der Waals surface area contributed by atoms with Crippen LogP contribution in [-0.2, 0) is 19.6 Å². The van der Waals surface area contributed by atoms with Crippen LogP contribution >= 0.6 is 0 Å². The lowest BCUT2D eigenvalue weighted by atomic mass is 9.78. The third kappa shape index (κ3) is 4.50. The van der Waals surface area contributed by atoms with Crippen LogP contribution in [0.2, 0.25) is 0 Å². The molecule has 166 valence electrons. The summed E-state index contributed by atoms with van der Waals surface area (Å²) in [5.74, 6) is 1.24. The number of benzene rings is 1. The number of nitrogens with zero attached hydrogens (tertiary/aromatic N) is 2. The lowest BCUT2D eigenvalue weighted by Gasteiger charge is -2.46. The van der Waals surface area contributed by atoms with Crippen LogP contribution in [0.25, 0.3) is 0 Å². The molecule has 1 atom stereocenters. The molecule has 0 bridgehead atoms. The molecule has 1 unspecified atom stereocenters. The highest BCUT2D eigenvalue weighted by molar-refractivity contribution is 7.89. The van der Waals surface area contributed by atoms with E-state index in [0.717, 1.165) is 38.8 Å². The van der Waals surface area contributed by atoms with Crippen LogP contribution in [-0.4, -0.2) is 69.0 Å².